The summed E-state index contributed by atoms with van der Waals surface area (Å²) in [5, 5.41) is 30.2. The van der Waals surface area contributed by atoms with Crippen LogP contribution in [0.25, 0.3) is 0 Å². The Bertz CT molecular complexity index is 946. The van der Waals surface area contributed by atoms with Gasteiger partial charge in [-0.15, -0.1) is 0 Å². The lowest BCUT2D eigenvalue weighted by molar-refractivity contribution is 0.0889. The molecule has 0 aliphatic carbocycles. The number of ketones is 1. The largest absolute Gasteiger partial charge is 0.508 e. The average Bonchev–Trinajstić information content (AvgIpc) is 3.01. The van der Waals surface area contributed by atoms with Crippen molar-refractivity contribution in [2.24, 2.45) is 0 Å². The second-order valence-electron chi connectivity index (χ2n) is 6.70. The van der Waals surface area contributed by atoms with E-state index in [2.05, 4.69) is 6.58 Å². The van der Waals surface area contributed by atoms with Crippen LogP contribution in [0.3, 0.4) is 0 Å². The maximum absolute atomic E-state index is 13.0. The number of hydrogen-bond donors (Lipinski definition) is 3. The molecule has 0 saturated heterocycles. The third-order valence-electron chi connectivity index (χ3n) is 4.89. The average molecular weight is 354 g/mol. The zero-order chi connectivity index (χ0) is 18.6. The first kappa shape index (κ1) is 16.3. The summed E-state index contributed by atoms with van der Waals surface area (Å²) in [6, 6.07) is 5.67. The predicted molar refractivity (Wildman–Crippen MR) is 93.4 cm³/mol. The first-order valence-electron chi connectivity index (χ1n) is 8.26. The second-order valence-corrected chi connectivity index (χ2v) is 6.70. The number of carbonyl (C=O) groups excluding carboxylic acids is 1. The van der Waals surface area contributed by atoms with Gasteiger partial charge in [0.05, 0.1) is 5.92 Å². The van der Waals surface area contributed by atoms with E-state index in [0.717, 1.165) is 5.57 Å². The molecule has 2 aliphatic rings. The molecule has 0 aromatic heterocycles. The summed E-state index contributed by atoms with van der Waals surface area (Å²) >= 11 is 0. The fraction of sp³-hybridized carbons (Fsp3) is 0.250. The number of carbonyl (C=O) groups is 1. The lowest BCUT2D eigenvalue weighted by Gasteiger charge is -2.26. The number of ether oxygens (including phenoxy) is 2. The number of phenols is 3. The SMILES string of the molecule is C=C(C)[C@@H]1Cc2c(cc3c(c2O)C(=O)[C@@H](c2ccc(O)cc2O)CO3)O1. The maximum Gasteiger partial charge on any atom is 0.181 e. The first-order valence-corrected chi connectivity index (χ1v) is 8.26. The molecule has 2 aliphatic heterocycles. The Kier molecular flexibility index (Phi) is 3.57. The molecule has 26 heavy (non-hydrogen) atoms. The molecule has 6 heteroatoms. The van der Waals surface area contributed by atoms with Crippen LogP contribution in [-0.4, -0.2) is 33.8 Å². The number of aromatic hydroxyl groups is 3. The third kappa shape index (κ3) is 2.37. The van der Waals surface area contributed by atoms with Gasteiger partial charge in [0.2, 0.25) is 0 Å². The van der Waals surface area contributed by atoms with Crippen LogP contribution in [-0.2, 0) is 6.42 Å². The van der Waals surface area contributed by atoms with Gasteiger partial charge in [0, 0.05) is 29.7 Å². The van der Waals surface area contributed by atoms with E-state index in [1.807, 2.05) is 6.92 Å². The minimum atomic E-state index is -0.772. The Morgan fingerprint density at radius 3 is 2.65 bits per heavy atom. The molecule has 0 bridgehead atoms. The van der Waals surface area contributed by atoms with E-state index in [-0.39, 0.29) is 47.1 Å². The van der Waals surface area contributed by atoms with Crippen molar-refractivity contribution >= 4 is 5.78 Å². The predicted octanol–water partition coefficient (Wildman–Crippen LogP) is 3.04. The fourth-order valence-electron chi connectivity index (χ4n) is 3.45. The number of fused-ring (bicyclic) bond motifs is 2. The maximum atomic E-state index is 13.0. The zero-order valence-corrected chi connectivity index (χ0v) is 14.2. The lowest BCUT2D eigenvalue weighted by Crippen LogP contribution is -2.26. The van der Waals surface area contributed by atoms with Crippen molar-refractivity contribution in [3.8, 4) is 28.7 Å². The number of rotatable bonds is 2. The van der Waals surface area contributed by atoms with Crippen LogP contribution in [0.15, 0.2) is 36.4 Å². The number of Topliss-reactive ketones (excluding diaryl/α,β-unsaturated/α-hetero) is 1. The molecule has 0 amide bonds. The molecule has 4 rings (SSSR count). The van der Waals surface area contributed by atoms with Crippen LogP contribution in [0.5, 0.6) is 28.7 Å². The van der Waals surface area contributed by atoms with Gasteiger partial charge in [0.25, 0.3) is 0 Å². The molecular weight excluding hydrogens is 336 g/mol. The summed E-state index contributed by atoms with van der Waals surface area (Å²) in [5.74, 6) is -0.788. The van der Waals surface area contributed by atoms with Gasteiger partial charge in [-0.1, -0.05) is 12.6 Å². The highest BCUT2D eigenvalue weighted by Crippen LogP contribution is 2.48. The molecule has 2 aromatic rings. The van der Waals surface area contributed by atoms with Crippen molar-refractivity contribution in [3.63, 3.8) is 0 Å². The molecular formula is C20H18O6. The summed E-state index contributed by atoms with van der Waals surface area (Å²) < 4.78 is 11.5. The van der Waals surface area contributed by atoms with E-state index in [9.17, 15) is 20.1 Å². The first-order chi connectivity index (χ1) is 12.4. The number of hydrogen-bond acceptors (Lipinski definition) is 6. The van der Waals surface area contributed by atoms with Gasteiger partial charge in [-0.25, -0.2) is 0 Å². The van der Waals surface area contributed by atoms with E-state index in [4.69, 9.17) is 9.47 Å². The van der Waals surface area contributed by atoms with Gasteiger partial charge in [-0.2, -0.15) is 0 Å². The van der Waals surface area contributed by atoms with E-state index in [0.29, 0.717) is 23.3 Å². The van der Waals surface area contributed by atoms with Gasteiger partial charge >= 0.3 is 0 Å². The molecule has 6 nitrogen and oxygen atoms in total. The van der Waals surface area contributed by atoms with Gasteiger partial charge in [0.1, 0.15) is 47.0 Å². The summed E-state index contributed by atoms with van der Waals surface area (Å²) in [7, 11) is 0. The summed E-state index contributed by atoms with van der Waals surface area (Å²) in [4.78, 5) is 13.0. The van der Waals surface area contributed by atoms with E-state index in [1.54, 1.807) is 6.07 Å². The summed E-state index contributed by atoms with van der Waals surface area (Å²) in [6.07, 6.45) is 0.193. The fourth-order valence-corrected chi connectivity index (χ4v) is 3.45. The molecule has 0 unspecified atom stereocenters. The molecule has 3 N–H and O–H groups in total. The van der Waals surface area contributed by atoms with Crippen LogP contribution in [0.1, 0.15) is 34.3 Å². The number of phenolic OH excluding ortho intramolecular Hbond substituents is 3. The zero-order valence-electron chi connectivity index (χ0n) is 14.2. The Morgan fingerprint density at radius 1 is 1.19 bits per heavy atom. The molecule has 2 aromatic carbocycles. The quantitative estimate of drug-likeness (QED) is 0.718. The van der Waals surface area contributed by atoms with Crippen LogP contribution in [0, 0.1) is 0 Å². The van der Waals surface area contributed by atoms with Crippen molar-refractivity contribution in [2.75, 3.05) is 6.61 Å². The summed E-state index contributed by atoms with van der Waals surface area (Å²) in [6.45, 7) is 5.74. The Morgan fingerprint density at radius 2 is 1.96 bits per heavy atom. The minimum absolute atomic E-state index is 0.0201. The lowest BCUT2D eigenvalue weighted by atomic mass is 9.86. The topological polar surface area (TPSA) is 96.2 Å². The van der Waals surface area contributed by atoms with Crippen LogP contribution >= 0.6 is 0 Å². The summed E-state index contributed by atoms with van der Waals surface area (Å²) in [5.41, 5.74) is 1.83. The van der Waals surface area contributed by atoms with Crippen molar-refractivity contribution < 1.29 is 29.6 Å². The molecule has 0 saturated carbocycles. The molecule has 0 spiro atoms. The van der Waals surface area contributed by atoms with Gasteiger partial charge in [-0.05, 0) is 18.6 Å². The van der Waals surface area contributed by atoms with Crippen LogP contribution < -0.4 is 9.47 Å². The molecule has 2 heterocycles. The normalized spacial score (nSPS) is 20.7. The van der Waals surface area contributed by atoms with Gasteiger partial charge < -0.3 is 24.8 Å². The van der Waals surface area contributed by atoms with Crippen molar-refractivity contribution in [2.45, 2.75) is 25.4 Å². The van der Waals surface area contributed by atoms with E-state index < -0.39 is 5.92 Å². The minimum Gasteiger partial charge on any atom is -0.508 e. The van der Waals surface area contributed by atoms with Gasteiger partial charge in [-0.3, -0.25) is 4.79 Å². The third-order valence-corrected chi connectivity index (χ3v) is 4.89. The second kappa shape index (κ2) is 5.69. The smallest absolute Gasteiger partial charge is 0.181 e. The monoisotopic (exact) mass is 354 g/mol. The van der Waals surface area contributed by atoms with Gasteiger partial charge in [0.15, 0.2) is 5.78 Å². The van der Waals surface area contributed by atoms with Crippen molar-refractivity contribution in [3.05, 3.63) is 53.1 Å². The molecule has 134 valence electrons. The van der Waals surface area contributed by atoms with E-state index >= 15 is 0 Å². The van der Waals surface area contributed by atoms with Crippen molar-refractivity contribution in [1.82, 2.24) is 0 Å². The van der Waals surface area contributed by atoms with Crippen LogP contribution in [0.2, 0.25) is 0 Å². The molecule has 0 fully saturated rings. The highest BCUT2D eigenvalue weighted by molar-refractivity contribution is 6.07. The standard InChI is InChI=1S/C20H18O6/c1-9(2)15-6-12-16(26-15)7-17-18(19(12)23)20(24)13(8-25-17)11-4-3-10(21)5-14(11)22/h3-5,7,13,15,21-23H,1,6,8H2,2H3/t13-,15+/m1/s1. The van der Waals surface area contributed by atoms with Crippen molar-refractivity contribution in [1.29, 1.82) is 0 Å². The number of benzene rings is 2. The van der Waals surface area contributed by atoms with E-state index in [1.165, 1.54) is 18.2 Å². The Hall–Kier alpha value is -3.15. The Balaban J connectivity index is 1.76. The molecule has 0 radical (unpaired) electrons. The molecule has 2 atom stereocenters. The highest BCUT2D eigenvalue weighted by atomic mass is 16.5. The van der Waals surface area contributed by atoms with Crippen LogP contribution in [0.4, 0.5) is 0 Å². The highest BCUT2D eigenvalue weighted by Gasteiger charge is 2.38. The Labute approximate surface area is 149 Å².